The Balaban J connectivity index is 0.00000109. The SMILES string of the molecule is CCC(=O)N[C@H]1C[C@@H](n2cnc3c(NCC(c4ccccc4)c4ccccc4)nc(N4CC[C@@H](NC(=O)N[C@@H]5CCN(C(=O)CN6CCC(OC(=O)Nc7ccccc7-c7ccccc7)CC6)C5)C4)nc32)[C@H](O)[C@@H]1O.O=C(O)C(F)(F)F. The lowest BCUT2D eigenvalue weighted by atomic mass is 9.91. The van der Waals surface area contributed by atoms with Crippen molar-refractivity contribution in [3.05, 3.63) is 133 Å². The number of carbonyl (C=O) groups is 5. The summed E-state index contributed by atoms with van der Waals surface area (Å²) < 4.78 is 39.3. The highest BCUT2D eigenvalue weighted by Crippen LogP contribution is 2.36. The number of anilines is 3. The summed E-state index contributed by atoms with van der Waals surface area (Å²) in [6.07, 6.45) is -3.56. The normalized spacial score (nSPS) is 21.2. The first-order valence-corrected chi connectivity index (χ1v) is 27.5. The van der Waals surface area contributed by atoms with Crippen LogP contribution < -0.4 is 31.5 Å². The number of halogens is 3. The predicted molar refractivity (Wildman–Crippen MR) is 299 cm³/mol. The molecule has 1 aliphatic carbocycles. The maximum absolute atomic E-state index is 13.5. The highest BCUT2D eigenvalue weighted by Gasteiger charge is 2.44. The van der Waals surface area contributed by atoms with Crippen LogP contribution in [0.2, 0.25) is 0 Å². The van der Waals surface area contributed by atoms with Gasteiger partial charge >= 0.3 is 24.3 Å². The average molecular weight is 1130 g/mol. The Labute approximate surface area is 471 Å². The molecule has 2 aromatic heterocycles. The number of rotatable bonds is 16. The minimum Gasteiger partial charge on any atom is -0.475 e. The van der Waals surface area contributed by atoms with Crippen molar-refractivity contribution in [1.29, 1.82) is 0 Å². The van der Waals surface area contributed by atoms with Crippen molar-refractivity contribution in [2.75, 3.05) is 67.9 Å². The number of alkyl halides is 3. The molecular weight excluding hydrogens is 1070 g/mol. The van der Waals surface area contributed by atoms with Crippen LogP contribution in [0, 0.1) is 0 Å². The van der Waals surface area contributed by atoms with Crippen molar-refractivity contribution >= 4 is 58.5 Å². The molecule has 4 aliphatic rings. The number of piperidine rings is 1. The van der Waals surface area contributed by atoms with Gasteiger partial charge in [-0.15, -0.1) is 0 Å². The topological polar surface area (TPSA) is 269 Å². The molecule has 24 heteroatoms. The molecule has 21 nitrogen and oxygen atoms in total. The smallest absolute Gasteiger partial charge is 0.475 e. The molecule has 3 saturated heterocycles. The highest BCUT2D eigenvalue weighted by atomic mass is 19.4. The van der Waals surface area contributed by atoms with E-state index in [2.05, 4.69) is 55.7 Å². The van der Waals surface area contributed by atoms with Crippen LogP contribution in [0.3, 0.4) is 0 Å². The Bertz CT molecular complexity index is 3110. The molecule has 0 unspecified atom stereocenters. The molecule has 0 bridgehead atoms. The van der Waals surface area contributed by atoms with Crippen molar-refractivity contribution in [1.82, 2.24) is 45.3 Å². The second kappa shape index (κ2) is 26.5. The Morgan fingerprint density at radius 1 is 0.744 bits per heavy atom. The van der Waals surface area contributed by atoms with Gasteiger partial charge in [-0.3, -0.25) is 19.8 Å². The highest BCUT2D eigenvalue weighted by molar-refractivity contribution is 5.91. The fourth-order valence-electron chi connectivity index (χ4n) is 11.0. The number of hydrogen-bond acceptors (Lipinski definition) is 14. The zero-order valence-electron chi connectivity index (χ0n) is 45.1. The van der Waals surface area contributed by atoms with E-state index < -0.39 is 42.5 Å². The molecule has 434 valence electrons. The van der Waals surface area contributed by atoms with Crippen LogP contribution in [0.25, 0.3) is 22.3 Å². The number of aromatic nitrogens is 4. The summed E-state index contributed by atoms with van der Waals surface area (Å²) in [5.41, 5.74) is 5.81. The van der Waals surface area contributed by atoms with Gasteiger partial charge in [0.05, 0.1) is 30.6 Å². The number of aliphatic hydroxyl groups is 2. The van der Waals surface area contributed by atoms with Gasteiger partial charge in [0.1, 0.15) is 18.3 Å². The van der Waals surface area contributed by atoms with E-state index in [1.165, 1.54) is 0 Å². The Hall–Kier alpha value is -8.35. The van der Waals surface area contributed by atoms with E-state index in [1.54, 1.807) is 22.7 Å². The van der Waals surface area contributed by atoms with Crippen LogP contribution in [0.4, 0.5) is 40.2 Å². The number of carboxylic acids is 1. The number of aliphatic carboxylic acids is 1. The maximum Gasteiger partial charge on any atom is 0.490 e. The van der Waals surface area contributed by atoms with E-state index in [0.29, 0.717) is 100 Å². The minimum atomic E-state index is -5.08. The van der Waals surface area contributed by atoms with E-state index in [-0.39, 0.29) is 61.3 Å². The van der Waals surface area contributed by atoms with Gasteiger partial charge in [0, 0.05) is 75.8 Å². The number of hydrogen-bond donors (Lipinski definition) is 8. The Morgan fingerprint density at radius 3 is 2.00 bits per heavy atom. The van der Waals surface area contributed by atoms with Gasteiger partial charge in [0.2, 0.25) is 17.8 Å². The molecule has 5 heterocycles. The lowest BCUT2D eigenvalue weighted by molar-refractivity contribution is -0.192. The third kappa shape index (κ3) is 14.6. The number of imidazole rings is 1. The number of ether oxygens (including phenoxy) is 1. The summed E-state index contributed by atoms with van der Waals surface area (Å²) in [7, 11) is 0. The standard InChI is InChI=1S/C56H66N12O7.C2HF3O2/c1-2-47(69)61-45-30-46(51(72)50(45)71)68-35-58-49-52(57-31-43(37-16-8-4-9-17-37)38-18-10-5-11-19-38)63-54(64-53(49)68)67-29-23-40(33-67)60-55(73)59-39-22-28-66(32-39)48(70)34-65-26-24-41(25-27-65)75-56(74)62-44-21-13-12-20-42(44)36-14-6-3-7-15-36;3-2(4,5)1(6)7/h3-21,35,39-41,43,45-46,50-51,71-72H,2,22-34H2,1H3,(H,61,69)(H,62,74)(H,57,63,64)(H2,59,60,73);(H,6,7)/t39-,40-,45+,46-,50-,51+;/m1./s1. The molecule has 5 amide bonds. The summed E-state index contributed by atoms with van der Waals surface area (Å²) in [5.74, 6) is -2.07. The van der Waals surface area contributed by atoms with Crippen LogP contribution in [-0.4, -0.2) is 170 Å². The monoisotopic (exact) mass is 1130 g/mol. The molecule has 1 saturated carbocycles. The number of likely N-dealkylation sites (tertiary alicyclic amines) is 2. The maximum atomic E-state index is 13.5. The number of amides is 5. The van der Waals surface area contributed by atoms with Gasteiger partial charge < -0.3 is 55.7 Å². The van der Waals surface area contributed by atoms with Gasteiger partial charge in [-0.25, -0.2) is 19.4 Å². The predicted octanol–water partition coefficient (Wildman–Crippen LogP) is 6.12. The third-order valence-corrected chi connectivity index (χ3v) is 15.3. The van der Waals surface area contributed by atoms with E-state index >= 15 is 0 Å². The molecule has 4 aromatic carbocycles. The molecule has 6 aromatic rings. The number of aliphatic hydroxyl groups excluding tert-OH is 2. The van der Waals surface area contributed by atoms with Gasteiger partial charge in [-0.2, -0.15) is 23.1 Å². The van der Waals surface area contributed by atoms with Gasteiger partial charge in [0.25, 0.3) is 0 Å². The molecule has 0 radical (unpaired) electrons. The molecule has 10 rings (SSSR count). The van der Waals surface area contributed by atoms with Gasteiger partial charge in [-0.05, 0) is 54.9 Å². The number of carbonyl (C=O) groups excluding carboxylic acids is 4. The molecule has 0 spiro atoms. The number of benzene rings is 4. The zero-order valence-corrected chi connectivity index (χ0v) is 45.1. The number of para-hydroxylation sites is 1. The summed E-state index contributed by atoms with van der Waals surface area (Å²) in [4.78, 5) is 82.0. The van der Waals surface area contributed by atoms with E-state index in [4.69, 9.17) is 29.6 Å². The molecule has 3 aliphatic heterocycles. The van der Waals surface area contributed by atoms with Crippen LogP contribution in [0.5, 0.6) is 0 Å². The Morgan fingerprint density at radius 2 is 1.35 bits per heavy atom. The number of nitrogens with zero attached hydrogens (tertiary/aromatic N) is 7. The summed E-state index contributed by atoms with van der Waals surface area (Å²) >= 11 is 0. The molecule has 82 heavy (non-hydrogen) atoms. The lowest BCUT2D eigenvalue weighted by Gasteiger charge is -2.32. The first-order chi connectivity index (χ1) is 39.5. The molecule has 6 atom stereocenters. The first kappa shape index (κ1) is 58.3. The number of nitrogens with one attached hydrogen (secondary N) is 5. The fraction of sp³-hybridized carbons (Fsp3) is 0.414. The van der Waals surface area contributed by atoms with E-state index in [0.717, 1.165) is 22.3 Å². The van der Waals surface area contributed by atoms with Crippen molar-refractivity contribution in [2.24, 2.45) is 0 Å². The molecular formula is C58H67F3N12O9. The molecule has 4 fully saturated rings. The van der Waals surface area contributed by atoms with Crippen LogP contribution in [0.15, 0.2) is 122 Å². The Kier molecular flexibility index (Phi) is 18.8. The van der Waals surface area contributed by atoms with Gasteiger partial charge in [0.15, 0.2) is 17.0 Å². The van der Waals surface area contributed by atoms with Crippen molar-refractivity contribution < 1.29 is 57.2 Å². The van der Waals surface area contributed by atoms with E-state index in [1.807, 2.05) is 95.9 Å². The number of carboxylic acid groups (broad SMARTS) is 1. The summed E-state index contributed by atoms with van der Waals surface area (Å²) in [6, 6.07) is 36.0. The minimum absolute atomic E-state index is 0.00490. The van der Waals surface area contributed by atoms with E-state index in [9.17, 15) is 42.6 Å². The van der Waals surface area contributed by atoms with Crippen molar-refractivity contribution in [3.8, 4) is 11.1 Å². The quantitative estimate of drug-likeness (QED) is 0.0542. The zero-order chi connectivity index (χ0) is 57.9. The fourth-order valence-corrected chi connectivity index (χ4v) is 11.0. The average Bonchev–Trinajstić information content (AvgIpc) is 4.50. The second-order valence-corrected chi connectivity index (χ2v) is 20.9. The van der Waals surface area contributed by atoms with Crippen molar-refractivity contribution in [3.63, 3.8) is 0 Å². The van der Waals surface area contributed by atoms with Crippen LogP contribution in [-0.2, 0) is 19.1 Å². The summed E-state index contributed by atoms with van der Waals surface area (Å²) in [6.45, 7) is 5.68. The van der Waals surface area contributed by atoms with Gasteiger partial charge in [-0.1, -0.05) is 116 Å². The van der Waals surface area contributed by atoms with Crippen LogP contribution >= 0.6 is 0 Å². The van der Waals surface area contributed by atoms with Crippen LogP contribution in [0.1, 0.15) is 68.5 Å². The number of fused-ring (bicyclic) bond motifs is 1. The largest absolute Gasteiger partial charge is 0.490 e. The first-order valence-electron chi connectivity index (χ1n) is 27.5. The summed E-state index contributed by atoms with van der Waals surface area (Å²) in [5, 5.41) is 45.1. The second-order valence-electron chi connectivity index (χ2n) is 20.9. The third-order valence-electron chi connectivity index (χ3n) is 15.3. The van der Waals surface area contributed by atoms with Crippen molar-refractivity contribution in [2.45, 2.75) is 100 Å². The number of urea groups is 1. The molecule has 8 N–H and O–H groups in total. The lowest BCUT2D eigenvalue weighted by Crippen LogP contribution is -2.49.